The maximum Gasteiger partial charge on any atom is 0.123 e. The van der Waals surface area contributed by atoms with Crippen LogP contribution in [0.3, 0.4) is 0 Å². The van der Waals surface area contributed by atoms with Gasteiger partial charge in [0.05, 0.1) is 0 Å². The summed E-state index contributed by atoms with van der Waals surface area (Å²) in [6.45, 7) is 3.55. The predicted molar refractivity (Wildman–Crippen MR) is 46.1 cm³/mol. The van der Waals surface area contributed by atoms with E-state index in [0.29, 0.717) is 11.8 Å². The summed E-state index contributed by atoms with van der Waals surface area (Å²) >= 11 is 0. The van der Waals surface area contributed by atoms with Gasteiger partial charge in [-0.25, -0.2) is 0 Å². The van der Waals surface area contributed by atoms with Crippen LogP contribution in [0.1, 0.15) is 6.42 Å². The molecule has 0 unspecified atom stereocenters. The summed E-state index contributed by atoms with van der Waals surface area (Å²) in [5, 5.41) is 0. The first-order chi connectivity index (χ1) is 5.38. The minimum atomic E-state index is 0.295. The third-order valence-corrected chi connectivity index (χ3v) is 1.78. The quantitative estimate of drug-likeness (QED) is 0.441. The Morgan fingerprint density at radius 3 is 2.55 bits per heavy atom. The molecule has 58 valence electrons. The van der Waals surface area contributed by atoms with Crippen molar-refractivity contribution < 1.29 is 4.79 Å². The van der Waals surface area contributed by atoms with Crippen LogP contribution in [-0.4, -0.2) is 6.29 Å². The lowest BCUT2D eigenvalue weighted by molar-refractivity contribution is -0.109. The van der Waals surface area contributed by atoms with Crippen molar-refractivity contribution in [1.82, 2.24) is 0 Å². The molecule has 1 nitrogen and oxygen atoms in total. The normalized spacial score (nSPS) is 29.5. The van der Waals surface area contributed by atoms with Crippen LogP contribution in [0, 0.1) is 11.8 Å². The van der Waals surface area contributed by atoms with Gasteiger partial charge in [-0.05, 0) is 12.3 Å². The number of hydrogen-bond acceptors (Lipinski definition) is 1. The Morgan fingerprint density at radius 1 is 1.18 bits per heavy atom. The van der Waals surface area contributed by atoms with Crippen LogP contribution >= 0.6 is 0 Å². The SMILES string of the molecule is C=C/C=C\C=C\[C@@H]1C[C@@H]1C=O. The molecule has 2 atom stereocenters. The number of allylic oxidation sites excluding steroid dienone is 5. The Bertz CT molecular complexity index is 201. The zero-order valence-electron chi connectivity index (χ0n) is 6.44. The molecule has 0 amide bonds. The second-order valence-electron chi connectivity index (χ2n) is 2.70. The topological polar surface area (TPSA) is 17.1 Å². The fourth-order valence-electron chi connectivity index (χ4n) is 0.963. The summed E-state index contributed by atoms with van der Waals surface area (Å²) in [4.78, 5) is 10.2. The molecule has 1 fully saturated rings. The molecule has 0 spiro atoms. The lowest BCUT2D eigenvalue weighted by atomic mass is 10.3. The summed E-state index contributed by atoms with van der Waals surface area (Å²) < 4.78 is 0. The molecule has 0 heterocycles. The highest BCUT2D eigenvalue weighted by Crippen LogP contribution is 2.37. The van der Waals surface area contributed by atoms with Gasteiger partial charge in [-0.1, -0.05) is 37.0 Å². The number of carbonyl (C=O) groups excluding carboxylic acids is 1. The van der Waals surface area contributed by atoms with Gasteiger partial charge in [0.2, 0.25) is 0 Å². The molecule has 0 saturated heterocycles. The molecule has 0 radical (unpaired) electrons. The summed E-state index contributed by atoms with van der Waals surface area (Å²) in [6.07, 6.45) is 11.6. The van der Waals surface area contributed by atoms with E-state index >= 15 is 0 Å². The molecule has 1 saturated carbocycles. The fourth-order valence-corrected chi connectivity index (χ4v) is 0.963. The lowest BCUT2D eigenvalue weighted by Gasteiger charge is -1.78. The minimum absolute atomic E-state index is 0.295. The van der Waals surface area contributed by atoms with E-state index in [1.165, 1.54) is 0 Å². The van der Waals surface area contributed by atoms with E-state index in [1.807, 2.05) is 18.2 Å². The number of hydrogen-bond donors (Lipinski definition) is 0. The highest BCUT2D eigenvalue weighted by atomic mass is 16.1. The van der Waals surface area contributed by atoms with Gasteiger partial charge in [0.1, 0.15) is 6.29 Å². The number of carbonyl (C=O) groups is 1. The lowest BCUT2D eigenvalue weighted by Crippen LogP contribution is -1.76. The molecule has 0 N–H and O–H groups in total. The summed E-state index contributed by atoms with van der Waals surface area (Å²) in [5.41, 5.74) is 0. The minimum Gasteiger partial charge on any atom is -0.303 e. The maximum absolute atomic E-state index is 10.2. The molecular formula is C10H12O. The zero-order valence-corrected chi connectivity index (χ0v) is 6.44. The van der Waals surface area contributed by atoms with Gasteiger partial charge in [0, 0.05) is 5.92 Å². The van der Waals surface area contributed by atoms with Crippen molar-refractivity contribution in [1.29, 1.82) is 0 Å². The van der Waals surface area contributed by atoms with E-state index in [0.717, 1.165) is 12.7 Å². The van der Waals surface area contributed by atoms with E-state index in [-0.39, 0.29) is 0 Å². The van der Waals surface area contributed by atoms with Crippen molar-refractivity contribution in [3.63, 3.8) is 0 Å². The van der Waals surface area contributed by atoms with Crippen molar-refractivity contribution in [2.75, 3.05) is 0 Å². The summed E-state index contributed by atoms with van der Waals surface area (Å²) in [7, 11) is 0. The van der Waals surface area contributed by atoms with E-state index in [2.05, 4.69) is 12.7 Å². The average molecular weight is 148 g/mol. The molecule has 0 bridgehead atoms. The first-order valence-electron chi connectivity index (χ1n) is 3.79. The number of rotatable bonds is 4. The van der Waals surface area contributed by atoms with Gasteiger partial charge in [-0.15, -0.1) is 0 Å². The van der Waals surface area contributed by atoms with Gasteiger partial charge < -0.3 is 4.79 Å². The van der Waals surface area contributed by atoms with Crippen LogP contribution < -0.4 is 0 Å². The second kappa shape index (κ2) is 3.91. The molecule has 1 heteroatoms. The van der Waals surface area contributed by atoms with Crippen molar-refractivity contribution in [2.45, 2.75) is 6.42 Å². The Kier molecular flexibility index (Phi) is 2.84. The Labute approximate surface area is 67.1 Å². The van der Waals surface area contributed by atoms with Gasteiger partial charge in [-0.2, -0.15) is 0 Å². The van der Waals surface area contributed by atoms with Crippen molar-refractivity contribution in [3.05, 3.63) is 37.0 Å². The Morgan fingerprint density at radius 2 is 2.00 bits per heavy atom. The predicted octanol–water partition coefficient (Wildman–Crippen LogP) is 2.12. The largest absolute Gasteiger partial charge is 0.303 e. The van der Waals surface area contributed by atoms with Crippen molar-refractivity contribution in [2.24, 2.45) is 11.8 Å². The van der Waals surface area contributed by atoms with E-state index < -0.39 is 0 Å². The smallest absolute Gasteiger partial charge is 0.123 e. The van der Waals surface area contributed by atoms with Gasteiger partial charge >= 0.3 is 0 Å². The standard InChI is InChI=1S/C10H12O/c1-2-3-4-5-6-9-7-10(9)8-11/h2-6,8-10H,1,7H2/b4-3-,6-5+/t9-,10-/m1/s1. The molecule has 0 aromatic rings. The second-order valence-corrected chi connectivity index (χ2v) is 2.70. The summed E-state index contributed by atoms with van der Waals surface area (Å²) in [6, 6.07) is 0. The van der Waals surface area contributed by atoms with Crippen molar-refractivity contribution >= 4 is 6.29 Å². The van der Waals surface area contributed by atoms with Gasteiger partial charge in [0.25, 0.3) is 0 Å². The molecule has 0 aliphatic heterocycles. The third kappa shape index (κ3) is 2.54. The molecule has 1 aliphatic rings. The first kappa shape index (κ1) is 7.99. The van der Waals surface area contributed by atoms with E-state index in [4.69, 9.17) is 0 Å². The zero-order chi connectivity index (χ0) is 8.10. The van der Waals surface area contributed by atoms with Crippen LogP contribution in [-0.2, 0) is 4.79 Å². The monoisotopic (exact) mass is 148 g/mol. The molecule has 1 rings (SSSR count). The van der Waals surface area contributed by atoms with Gasteiger partial charge in [0.15, 0.2) is 0 Å². The summed E-state index contributed by atoms with van der Waals surface area (Å²) in [5.74, 6) is 0.797. The Balaban J connectivity index is 2.21. The third-order valence-electron chi connectivity index (χ3n) is 1.78. The van der Waals surface area contributed by atoms with Gasteiger partial charge in [-0.3, -0.25) is 0 Å². The molecule has 0 aromatic heterocycles. The maximum atomic E-state index is 10.2. The van der Waals surface area contributed by atoms with Crippen LogP contribution in [0.15, 0.2) is 37.0 Å². The van der Waals surface area contributed by atoms with Crippen LogP contribution in [0.2, 0.25) is 0 Å². The average Bonchev–Trinajstić information content (AvgIpc) is 2.77. The highest BCUT2D eigenvalue weighted by Gasteiger charge is 2.33. The first-order valence-corrected chi connectivity index (χ1v) is 3.79. The van der Waals surface area contributed by atoms with E-state index in [9.17, 15) is 4.79 Å². The van der Waals surface area contributed by atoms with Crippen LogP contribution in [0.4, 0.5) is 0 Å². The van der Waals surface area contributed by atoms with Crippen LogP contribution in [0.25, 0.3) is 0 Å². The van der Waals surface area contributed by atoms with Crippen molar-refractivity contribution in [3.8, 4) is 0 Å². The molecule has 0 aromatic carbocycles. The highest BCUT2D eigenvalue weighted by molar-refractivity contribution is 5.59. The van der Waals surface area contributed by atoms with Crippen LogP contribution in [0.5, 0.6) is 0 Å². The fraction of sp³-hybridized carbons (Fsp3) is 0.300. The number of aldehydes is 1. The molecular weight excluding hydrogens is 136 g/mol. The molecule has 11 heavy (non-hydrogen) atoms. The van der Waals surface area contributed by atoms with E-state index in [1.54, 1.807) is 6.08 Å². The molecule has 1 aliphatic carbocycles. The Hall–Kier alpha value is -1.11.